The van der Waals surface area contributed by atoms with Gasteiger partial charge in [-0.15, -0.1) is 0 Å². The summed E-state index contributed by atoms with van der Waals surface area (Å²) in [4.78, 5) is 34.2. The molecule has 1 unspecified atom stereocenters. The molecule has 0 bridgehead atoms. The average molecular weight is 592 g/mol. The van der Waals surface area contributed by atoms with Crippen LogP contribution in [0.1, 0.15) is 46.2 Å². The molecule has 1 aliphatic rings. The Kier molecular flexibility index (Phi) is 9.47. The zero-order valence-electron chi connectivity index (χ0n) is 24.7. The summed E-state index contributed by atoms with van der Waals surface area (Å²) in [6, 6.07) is 10.7. The average Bonchev–Trinajstić information content (AvgIpc) is 3.30. The van der Waals surface area contributed by atoms with Crippen LogP contribution in [0.25, 0.3) is 6.08 Å². The molecule has 2 heterocycles. The van der Waals surface area contributed by atoms with Crippen molar-refractivity contribution < 1.29 is 23.4 Å². The maximum absolute atomic E-state index is 14.0. The van der Waals surface area contributed by atoms with E-state index in [1.165, 1.54) is 35.1 Å². The number of thiazole rings is 1. The molecule has 0 amide bonds. The Hall–Kier alpha value is -4.44. The van der Waals surface area contributed by atoms with Crippen LogP contribution in [0.4, 0.5) is 10.1 Å². The van der Waals surface area contributed by atoms with Crippen molar-refractivity contribution in [3.63, 3.8) is 0 Å². The number of anilines is 1. The lowest BCUT2D eigenvalue weighted by Gasteiger charge is -2.26. The minimum atomic E-state index is -0.825. The molecule has 0 fully saturated rings. The molecule has 0 spiro atoms. The molecule has 3 aromatic rings. The highest BCUT2D eigenvalue weighted by atomic mass is 32.1. The number of hydrogen-bond acceptors (Lipinski definition) is 8. The van der Waals surface area contributed by atoms with Crippen LogP contribution in [0.2, 0.25) is 0 Å². The van der Waals surface area contributed by atoms with Gasteiger partial charge in [0.15, 0.2) is 4.80 Å². The molecule has 0 radical (unpaired) electrons. The number of nitrogens with zero attached hydrogens (tertiary/aromatic N) is 3. The molecule has 1 aliphatic heterocycles. The number of rotatable bonds is 9. The zero-order valence-corrected chi connectivity index (χ0v) is 25.5. The van der Waals surface area contributed by atoms with Gasteiger partial charge in [-0.3, -0.25) is 9.36 Å². The van der Waals surface area contributed by atoms with Crippen molar-refractivity contribution in [2.24, 2.45) is 4.99 Å². The minimum Gasteiger partial charge on any atom is -0.497 e. The first kappa shape index (κ1) is 30.5. The van der Waals surface area contributed by atoms with Crippen LogP contribution < -0.4 is 29.3 Å². The first-order chi connectivity index (χ1) is 20.1. The number of ether oxygens (including phenoxy) is 3. The van der Waals surface area contributed by atoms with Gasteiger partial charge in [0, 0.05) is 28.7 Å². The minimum absolute atomic E-state index is 0.173. The van der Waals surface area contributed by atoms with E-state index in [2.05, 4.69) is 4.99 Å². The summed E-state index contributed by atoms with van der Waals surface area (Å²) in [6.07, 6.45) is 5.53. The number of carbonyl (C=O) groups excluding carboxylic acids is 1. The highest BCUT2D eigenvalue weighted by Crippen LogP contribution is 2.37. The van der Waals surface area contributed by atoms with Crippen LogP contribution in [-0.4, -0.2) is 31.4 Å². The lowest BCUT2D eigenvalue weighted by atomic mass is 9.95. The van der Waals surface area contributed by atoms with Crippen LogP contribution in [0.3, 0.4) is 0 Å². The monoisotopic (exact) mass is 591 g/mol. The zero-order chi connectivity index (χ0) is 30.6. The van der Waals surface area contributed by atoms with Crippen molar-refractivity contribution >= 4 is 29.1 Å². The topological polar surface area (TPSA) is 82.4 Å². The molecule has 8 nitrogen and oxygen atoms in total. The van der Waals surface area contributed by atoms with E-state index in [1.54, 1.807) is 57.4 Å². The van der Waals surface area contributed by atoms with E-state index < -0.39 is 12.0 Å². The van der Waals surface area contributed by atoms with Gasteiger partial charge in [0.05, 0.1) is 36.6 Å². The van der Waals surface area contributed by atoms with E-state index in [0.717, 1.165) is 17.1 Å². The van der Waals surface area contributed by atoms with E-state index in [9.17, 15) is 14.0 Å². The molecule has 1 aromatic heterocycles. The number of aromatic nitrogens is 1. The predicted octanol–water partition coefficient (Wildman–Crippen LogP) is 5.24. The van der Waals surface area contributed by atoms with Crippen molar-refractivity contribution in [2.45, 2.75) is 40.7 Å². The second-order valence-corrected chi connectivity index (χ2v) is 10.5. The number of halogens is 1. The van der Waals surface area contributed by atoms with E-state index >= 15 is 0 Å². The summed E-state index contributed by atoms with van der Waals surface area (Å²) >= 11 is 1.23. The van der Waals surface area contributed by atoms with Crippen molar-refractivity contribution in [1.29, 1.82) is 0 Å². The number of esters is 1. The molecule has 1 atom stereocenters. The van der Waals surface area contributed by atoms with Gasteiger partial charge >= 0.3 is 5.97 Å². The van der Waals surface area contributed by atoms with Gasteiger partial charge in [0.2, 0.25) is 0 Å². The van der Waals surface area contributed by atoms with Crippen LogP contribution in [0.5, 0.6) is 11.5 Å². The first-order valence-electron chi connectivity index (χ1n) is 13.4. The Balaban J connectivity index is 1.90. The number of fused-ring (bicyclic) bond motifs is 1. The van der Waals surface area contributed by atoms with Gasteiger partial charge in [-0.25, -0.2) is 14.2 Å². The highest BCUT2D eigenvalue weighted by molar-refractivity contribution is 7.07. The van der Waals surface area contributed by atoms with Gasteiger partial charge in [0.25, 0.3) is 5.56 Å². The summed E-state index contributed by atoms with van der Waals surface area (Å²) in [6.45, 7) is 9.43. The summed E-state index contributed by atoms with van der Waals surface area (Å²) in [5.41, 5.74) is 3.56. The molecule has 0 N–H and O–H groups in total. The molecule has 0 saturated heterocycles. The smallest absolute Gasteiger partial charge is 0.338 e. The highest BCUT2D eigenvalue weighted by Gasteiger charge is 2.35. The Bertz CT molecular complexity index is 1770. The quantitative estimate of drug-likeness (QED) is 0.317. The van der Waals surface area contributed by atoms with Crippen LogP contribution in [0, 0.1) is 5.82 Å². The second-order valence-electron chi connectivity index (χ2n) is 9.48. The maximum Gasteiger partial charge on any atom is 0.338 e. The van der Waals surface area contributed by atoms with E-state index in [-0.39, 0.29) is 23.6 Å². The number of allylic oxidation sites excluding steroid dienone is 5. The standard InChI is InChI=1S/C32H34FN3O5S/c1-8-19(3)35(23-13-11-22(33)12-14-23)20(4)10-17-27-30(37)36-29(25-16-15-24(39-6)18-26(25)40-7)28(31(38)41-9-2)21(5)34-32(36)42-27/h8,10-18,29H,9H2,1-7H3/b19-8+,20-10+,27-17+. The Morgan fingerprint density at radius 3 is 2.45 bits per heavy atom. The Labute approximate surface area is 248 Å². The first-order valence-corrected chi connectivity index (χ1v) is 14.2. The summed E-state index contributed by atoms with van der Waals surface area (Å²) in [7, 11) is 3.08. The summed E-state index contributed by atoms with van der Waals surface area (Å²) < 4.78 is 32.0. The molecular formula is C32H34FN3O5S. The normalized spacial score (nSPS) is 15.7. The van der Waals surface area contributed by atoms with E-state index in [4.69, 9.17) is 14.2 Å². The molecule has 0 aliphatic carbocycles. The third-order valence-electron chi connectivity index (χ3n) is 6.94. The molecule has 2 aromatic carbocycles. The molecule has 220 valence electrons. The van der Waals surface area contributed by atoms with E-state index in [0.29, 0.717) is 32.1 Å². The largest absolute Gasteiger partial charge is 0.497 e. The maximum atomic E-state index is 14.0. The summed E-state index contributed by atoms with van der Waals surface area (Å²) in [5.74, 6) is 0.158. The van der Waals surface area contributed by atoms with Gasteiger partial charge in [-0.2, -0.15) is 0 Å². The Morgan fingerprint density at radius 1 is 1.12 bits per heavy atom. The SMILES string of the molecule is C/C=C(\C)N(/C(C)=C/C=c1/sc2n(c1=O)C(c1ccc(OC)cc1OC)C(C(=O)OCC)=C(C)N=2)c1ccc(F)cc1. The lowest BCUT2D eigenvalue weighted by molar-refractivity contribution is -0.139. The van der Waals surface area contributed by atoms with Crippen molar-refractivity contribution in [1.82, 2.24) is 4.57 Å². The third kappa shape index (κ3) is 5.94. The fraction of sp³-hybridized carbons (Fsp3) is 0.281. The van der Waals surface area contributed by atoms with Crippen molar-refractivity contribution in [3.8, 4) is 11.5 Å². The van der Waals surface area contributed by atoms with E-state index in [1.807, 2.05) is 37.8 Å². The van der Waals surface area contributed by atoms with Crippen LogP contribution in [0.15, 0.2) is 87.1 Å². The van der Waals surface area contributed by atoms with Crippen LogP contribution >= 0.6 is 11.3 Å². The third-order valence-corrected chi connectivity index (χ3v) is 7.94. The molecule has 10 heteroatoms. The van der Waals surface area contributed by atoms with Gasteiger partial charge < -0.3 is 19.1 Å². The molecule has 4 rings (SSSR count). The fourth-order valence-electron chi connectivity index (χ4n) is 4.82. The Morgan fingerprint density at radius 2 is 1.83 bits per heavy atom. The number of benzene rings is 2. The fourth-order valence-corrected chi connectivity index (χ4v) is 5.81. The van der Waals surface area contributed by atoms with Gasteiger partial charge in [-0.1, -0.05) is 17.4 Å². The van der Waals surface area contributed by atoms with Gasteiger partial charge in [-0.05, 0) is 83.2 Å². The number of carbonyl (C=O) groups is 1. The predicted molar refractivity (Wildman–Crippen MR) is 163 cm³/mol. The summed E-state index contributed by atoms with van der Waals surface area (Å²) in [5, 5.41) is 0. The van der Waals surface area contributed by atoms with Crippen molar-refractivity contribution in [2.75, 3.05) is 25.7 Å². The van der Waals surface area contributed by atoms with Crippen LogP contribution in [-0.2, 0) is 9.53 Å². The number of hydrogen-bond donors (Lipinski definition) is 0. The molecule has 0 saturated carbocycles. The van der Waals surface area contributed by atoms with Gasteiger partial charge in [0.1, 0.15) is 23.4 Å². The van der Waals surface area contributed by atoms with Crippen molar-refractivity contribution in [3.05, 3.63) is 108 Å². The lowest BCUT2D eigenvalue weighted by Crippen LogP contribution is -2.40. The number of methoxy groups -OCH3 is 2. The molecular weight excluding hydrogens is 557 g/mol. The second kappa shape index (κ2) is 13.0. The molecule has 42 heavy (non-hydrogen) atoms.